The molecule has 1 aliphatic carbocycles. The number of nitrogens with one attached hydrogen (secondary N) is 1. The summed E-state index contributed by atoms with van der Waals surface area (Å²) in [5.74, 6) is 2.35. The topological polar surface area (TPSA) is 37.8 Å². The monoisotopic (exact) mass is 335 g/mol. The molecule has 5 heteroatoms. The minimum Gasteiger partial charge on any atom is -0.339 e. The number of thioether (sulfide) groups is 1. The van der Waals surface area contributed by atoms with Gasteiger partial charge in [-0.15, -0.1) is 11.8 Å². The molecule has 1 aliphatic rings. The molecule has 19 heavy (non-hydrogen) atoms. The summed E-state index contributed by atoms with van der Waals surface area (Å²) in [4.78, 5) is 10.3. The van der Waals surface area contributed by atoms with Crippen molar-refractivity contribution in [1.82, 2.24) is 9.97 Å². The zero-order chi connectivity index (χ0) is 13.2. The van der Waals surface area contributed by atoms with Crippen molar-refractivity contribution in [1.29, 1.82) is 0 Å². The number of nitrogens with zero attached hydrogens (tertiary/aromatic N) is 2. The van der Waals surface area contributed by atoms with Crippen molar-refractivity contribution in [3.63, 3.8) is 0 Å². The van der Waals surface area contributed by atoms with Crippen LogP contribution in [0, 0.1) is 0 Å². The van der Waals surface area contributed by atoms with E-state index in [1.165, 1.54) is 17.7 Å². The fourth-order valence-corrected chi connectivity index (χ4v) is 2.86. The van der Waals surface area contributed by atoms with Gasteiger partial charge >= 0.3 is 0 Å². The van der Waals surface area contributed by atoms with Crippen LogP contribution < -0.4 is 5.32 Å². The van der Waals surface area contributed by atoms with Crippen LogP contribution in [-0.4, -0.2) is 16.2 Å². The molecule has 1 heterocycles. The Labute approximate surface area is 125 Å². The predicted octanol–water partition coefficient (Wildman–Crippen LogP) is 4.58. The van der Waals surface area contributed by atoms with E-state index in [1.807, 2.05) is 18.2 Å². The summed E-state index contributed by atoms with van der Waals surface area (Å²) in [5, 5.41) is 3.39. The van der Waals surface area contributed by atoms with E-state index >= 15 is 0 Å². The molecule has 98 valence electrons. The average Bonchev–Trinajstić information content (AvgIpc) is 3.23. The van der Waals surface area contributed by atoms with Gasteiger partial charge in [0.15, 0.2) is 0 Å². The highest BCUT2D eigenvalue weighted by atomic mass is 79.9. The number of para-hydroxylation sites is 1. The second-order valence-corrected chi connectivity index (χ2v) is 6.19. The Morgan fingerprint density at radius 2 is 2.05 bits per heavy atom. The summed E-state index contributed by atoms with van der Waals surface area (Å²) < 4.78 is 0.841. The lowest BCUT2D eigenvalue weighted by atomic mass is 10.3. The summed E-state index contributed by atoms with van der Waals surface area (Å²) >= 11 is 5.19. The van der Waals surface area contributed by atoms with E-state index in [0.29, 0.717) is 5.92 Å². The lowest BCUT2D eigenvalue weighted by Crippen LogP contribution is -2.00. The highest BCUT2D eigenvalue weighted by Gasteiger charge is 2.27. The van der Waals surface area contributed by atoms with Gasteiger partial charge in [-0.3, -0.25) is 0 Å². The zero-order valence-corrected chi connectivity index (χ0v) is 13.0. The van der Waals surface area contributed by atoms with Crippen LogP contribution in [0.15, 0.2) is 39.8 Å². The first-order valence-corrected chi connectivity index (χ1v) is 8.22. The number of hydrogen-bond donors (Lipinski definition) is 1. The van der Waals surface area contributed by atoms with Gasteiger partial charge in [-0.2, -0.15) is 0 Å². The first-order valence-electron chi connectivity index (χ1n) is 6.21. The number of rotatable bonds is 4. The van der Waals surface area contributed by atoms with Crippen LogP contribution in [0.3, 0.4) is 0 Å². The highest BCUT2D eigenvalue weighted by Crippen LogP contribution is 2.39. The summed E-state index contributed by atoms with van der Waals surface area (Å²) in [6.07, 6.45) is 4.49. The SMILES string of the molecule is CSc1ccccc1Nc1cc(Br)nc(C2CC2)n1. The van der Waals surface area contributed by atoms with Crippen LogP contribution in [0.1, 0.15) is 24.6 Å². The highest BCUT2D eigenvalue weighted by molar-refractivity contribution is 9.10. The molecule has 1 saturated carbocycles. The van der Waals surface area contributed by atoms with Crippen molar-refractivity contribution in [2.75, 3.05) is 11.6 Å². The molecule has 0 spiro atoms. The van der Waals surface area contributed by atoms with Gasteiger partial charge in [0.05, 0.1) is 5.69 Å². The number of halogens is 1. The van der Waals surface area contributed by atoms with Crippen molar-refractivity contribution in [2.45, 2.75) is 23.7 Å². The Kier molecular flexibility index (Phi) is 3.75. The van der Waals surface area contributed by atoms with E-state index in [4.69, 9.17) is 0 Å². The van der Waals surface area contributed by atoms with Crippen molar-refractivity contribution in [3.8, 4) is 0 Å². The van der Waals surface area contributed by atoms with Gasteiger partial charge in [0.25, 0.3) is 0 Å². The second-order valence-electron chi connectivity index (χ2n) is 4.53. The smallest absolute Gasteiger partial charge is 0.135 e. The summed E-state index contributed by atoms with van der Waals surface area (Å²) in [7, 11) is 0. The molecule has 1 fully saturated rings. The lowest BCUT2D eigenvalue weighted by molar-refractivity contribution is 0.919. The third-order valence-electron chi connectivity index (χ3n) is 3.02. The summed E-state index contributed by atoms with van der Waals surface area (Å²) in [5.41, 5.74) is 1.09. The van der Waals surface area contributed by atoms with Crippen LogP contribution in [0.5, 0.6) is 0 Å². The average molecular weight is 336 g/mol. The van der Waals surface area contributed by atoms with E-state index < -0.39 is 0 Å². The molecule has 0 radical (unpaired) electrons. The molecular weight excluding hydrogens is 322 g/mol. The van der Waals surface area contributed by atoms with E-state index in [1.54, 1.807) is 11.8 Å². The summed E-state index contributed by atoms with van der Waals surface area (Å²) in [6.45, 7) is 0. The van der Waals surface area contributed by atoms with Gasteiger partial charge in [-0.1, -0.05) is 12.1 Å². The number of hydrogen-bond acceptors (Lipinski definition) is 4. The molecule has 1 aromatic heterocycles. The third-order valence-corrected chi connectivity index (χ3v) is 4.23. The maximum atomic E-state index is 4.60. The molecule has 0 amide bonds. The van der Waals surface area contributed by atoms with Crippen molar-refractivity contribution in [2.24, 2.45) is 0 Å². The minimum atomic E-state index is 0.550. The van der Waals surface area contributed by atoms with E-state index in [9.17, 15) is 0 Å². The molecule has 0 saturated heterocycles. The Bertz CT molecular complexity index is 599. The molecule has 2 aromatic rings. The van der Waals surface area contributed by atoms with Crippen molar-refractivity contribution in [3.05, 3.63) is 40.8 Å². The molecule has 3 nitrogen and oxygen atoms in total. The Morgan fingerprint density at radius 1 is 1.26 bits per heavy atom. The molecule has 0 unspecified atom stereocenters. The van der Waals surface area contributed by atoms with Gasteiger partial charge < -0.3 is 5.32 Å². The quantitative estimate of drug-likeness (QED) is 0.655. The van der Waals surface area contributed by atoms with Gasteiger partial charge in [-0.05, 0) is 47.2 Å². The van der Waals surface area contributed by atoms with E-state index in [-0.39, 0.29) is 0 Å². The van der Waals surface area contributed by atoms with Crippen molar-refractivity contribution < 1.29 is 0 Å². The van der Waals surface area contributed by atoms with Gasteiger partial charge in [0.2, 0.25) is 0 Å². The Balaban J connectivity index is 1.90. The molecule has 0 aliphatic heterocycles. The molecule has 1 N–H and O–H groups in total. The second kappa shape index (κ2) is 5.51. The van der Waals surface area contributed by atoms with Crippen molar-refractivity contribution >= 4 is 39.2 Å². The Morgan fingerprint density at radius 3 is 2.79 bits per heavy atom. The summed E-state index contributed by atoms with van der Waals surface area (Å²) in [6, 6.07) is 10.2. The maximum absolute atomic E-state index is 4.60. The number of anilines is 2. The largest absolute Gasteiger partial charge is 0.339 e. The van der Waals surface area contributed by atoms with Crippen LogP contribution in [0.25, 0.3) is 0 Å². The number of aromatic nitrogens is 2. The van der Waals surface area contributed by atoms with Crippen LogP contribution in [0.2, 0.25) is 0 Å². The predicted molar refractivity (Wildman–Crippen MR) is 83.2 cm³/mol. The normalized spacial score (nSPS) is 14.4. The molecular formula is C14H14BrN3S. The first-order chi connectivity index (χ1) is 9.26. The molecule has 3 rings (SSSR count). The number of benzene rings is 1. The van der Waals surface area contributed by atoms with Crippen LogP contribution >= 0.6 is 27.7 Å². The zero-order valence-electron chi connectivity index (χ0n) is 10.6. The minimum absolute atomic E-state index is 0.550. The molecule has 1 aromatic carbocycles. The standard InChI is InChI=1S/C14H14BrN3S/c1-19-11-5-3-2-4-10(11)16-13-8-12(15)17-14(18-13)9-6-7-9/h2-5,8-9H,6-7H2,1H3,(H,16,17,18). The van der Waals surface area contributed by atoms with Gasteiger partial charge in [0.1, 0.15) is 16.2 Å². The van der Waals surface area contributed by atoms with Gasteiger partial charge in [-0.25, -0.2) is 9.97 Å². The first kappa shape index (κ1) is 12.9. The lowest BCUT2D eigenvalue weighted by Gasteiger charge is -2.10. The maximum Gasteiger partial charge on any atom is 0.135 e. The molecule has 0 atom stereocenters. The molecule has 0 bridgehead atoms. The fraction of sp³-hybridized carbons (Fsp3) is 0.286. The van der Waals surface area contributed by atoms with E-state index in [2.05, 4.69) is 49.6 Å². The van der Waals surface area contributed by atoms with Crippen LogP contribution in [0.4, 0.5) is 11.5 Å². The van der Waals surface area contributed by atoms with Crippen LogP contribution in [-0.2, 0) is 0 Å². The third kappa shape index (κ3) is 3.09. The Hall–Kier alpha value is -1.07. The van der Waals surface area contributed by atoms with E-state index in [0.717, 1.165) is 21.9 Å². The van der Waals surface area contributed by atoms with Gasteiger partial charge in [0, 0.05) is 16.9 Å². The fourth-order valence-electron chi connectivity index (χ4n) is 1.91.